The van der Waals surface area contributed by atoms with Crippen molar-refractivity contribution in [1.82, 2.24) is 14.5 Å². The van der Waals surface area contributed by atoms with Gasteiger partial charge in [0.1, 0.15) is 11.4 Å². The number of carbonyl (C=O) groups is 2. The van der Waals surface area contributed by atoms with Crippen LogP contribution in [-0.4, -0.2) is 47.0 Å². The van der Waals surface area contributed by atoms with Crippen molar-refractivity contribution in [3.8, 4) is 16.9 Å². The first-order chi connectivity index (χ1) is 20.9. The molecule has 43 heavy (non-hydrogen) atoms. The normalized spacial score (nSPS) is 12.2. The Morgan fingerprint density at radius 2 is 1.72 bits per heavy atom. The average Bonchev–Trinajstić information content (AvgIpc) is 3.36. The summed E-state index contributed by atoms with van der Waals surface area (Å²) in [5, 5.41) is 0. The van der Waals surface area contributed by atoms with Gasteiger partial charge < -0.3 is 19.1 Å². The number of rotatable bonds is 7. The topological polar surface area (TPSA) is 67.7 Å². The van der Waals surface area contributed by atoms with Gasteiger partial charge in [0.25, 0.3) is 11.8 Å². The van der Waals surface area contributed by atoms with Crippen molar-refractivity contribution in [3.05, 3.63) is 137 Å². The predicted molar refractivity (Wildman–Crippen MR) is 169 cm³/mol. The minimum Gasteiger partial charge on any atom is -0.497 e. The van der Waals surface area contributed by atoms with E-state index in [9.17, 15) is 9.59 Å². The number of carbonyl (C=O) groups excluding carboxylic acids is 2. The van der Waals surface area contributed by atoms with E-state index in [0.29, 0.717) is 30.9 Å². The molecule has 0 atom stereocenters. The van der Waals surface area contributed by atoms with E-state index in [1.807, 2.05) is 110 Å². The van der Waals surface area contributed by atoms with Crippen molar-refractivity contribution in [1.29, 1.82) is 0 Å². The van der Waals surface area contributed by atoms with E-state index in [0.717, 1.165) is 51.4 Å². The molecule has 6 rings (SSSR count). The summed E-state index contributed by atoms with van der Waals surface area (Å²) in [6.07, 6.45) is 4.29. The lowest BCUT2D eigenvalue weighted by Crippen LogP contribution is -2.31. The molecule has 0 unspecified atom stereocenters. The van der Waals surface area contributed by atoms with Gasteiger partial charge in [0.15, 0.2) is 0 Å². The predicted octanol–water partition coefficient (Wildman–Crippen LogP) is 6.39. The van der Waals surface area contributed by atoms with Crippen molar-refractivity contribution in [2.45, 2.75) is 26.4 Å². The van der Waals surface area contributed by atoms with Gasteiger partial charge in [-0.1, -0.05) is 36.4 Å². The Balaban J connectivity index is 1.28. The number of anilines is 1. The minimum absolute atomic E-state index is 0.0404. The van der Waals surface area contributed by atoms with Crippen LogP contribution in [0.2, 0.25) is 0 Å². The molecule has 0 spiro atoms. The zero-order valence-corrected chi connectivity index (χ0v) is 24.7. The van der Waals surface area contributed by atoms with Crippen molar-refractivity contribution in [2.24, 2.45) is 0 Å². The number of aromatic nitrogens is 2. The Morgan fingerprint density at radius 1 is 0.907 bits per heavy atom. The summed E-state index contributed by atoms with van der Waals surface area (Å²) in [5.74, 6) is 0.671. The monoisotopic (exact) mass is 570 g/mol. The van der Waals surface area contributed by atoms with Gasteiger partial charge in [0.2, 0.25) is 0 Å². The van der Waals surface area contributed by atoms with Gasteiger partial charge in [-0.2, -0.15) is 0 Å². The number of para-hydroxylation sites is 1. The first-order valence-corrected chi connectivity index (χ1v) is 14.4. The summed E-state index contributed by atoms with van der Waals surface area (Å²) < 4.78 is 7.45. The maximum absolute atomic E-state index is 14.1. The van der Waals surface area contributed by atoms with E-state index in [1.165, 1.54) is 0 Å². The molecule has 0 saturated heterocycles. The van der Waals surface area contributed by atoms with Gasteiger partial charge in [-0.15, -0.1) is 0 Å². The van der Waals surface area contributed by atoms with Crippen LogP contribution in [0.25, 0.3) is 11.1 Å². The van der Waals surface area contributed by atoms with E-state index in [1.54, 1.807) is 24.4 Å². The summed E-state index contributed by atoms with van der Waals surface area (Å²) in [4.78, 5) is 35.4. The largest absolute Gasteiger partial charge is 0.497 e. The maximum Gasteiger partial charge on any atom is 0.270 e. The fourth-order valence-electron chi connectivity index (χ4n) is 5.74. The SMILES string of the molecule is COc1cccc(-c2ccc(C(=O)N3Cc4ccc(C(=O)N(C)CCc5ccncc5)n4Cc4ccccc43)cc2C)c1. The molecule has 0 radical (unpaired) electrons. The molecule has 216 valence electrons. The van der Waals surface area contributed by atoms with Gasteiger partial charge in [-0.3, -0.25) is 14.6 Å². The second kappa shape index (κ2) is 12.0. The molecule has 7 heteroatoms. The molecular weight excluding hydrogens is 536 g/mol. The molecule has 0 saturated carbocycles. The molecule has 2 aromatic heterocycles. The highest BCUT2D eigenvalue weighted by atomic mass is 16.5. The zero-order valence-electron chi connectivity index (χ0n) is 24.7. The van der Waals surface area contributed by atoms with Crippen LogP contribution >= 0.6 is 0 Å². The van der Waals surface area contributed by atoms with Crippen LogP contribution in [0.1, 0.15) is 43.2 Å². The first-order valence-electron chi connectivity index (χ1n) is 14.4. The Hall–Kier alpha value is -5.17. The molecule has 2 amide bonds. The molecule has 5 aromatic rings. The van der Waals surface area contributed by atoms with Crippen LogP contribution in [0.15, 0.2) is 103 Å². The number of methoxy groups -OCH3 is 1. The van der Waals surface area contributed by atoms with Crippen LogP contribution in [-0.2, 0) is 19.5 Å². The van der Waals surface area contributed by atoms with Gasteiger partial charge in [0, 0.05) is 42.9 Å². The van der Waals surface area contributed by atoms with Gasteiger partial charge in [-0.05, 0) is 95.8 Å². The maximum atomic E-state index is 14.1. The molecule has 0 aliphatic carbocycles. The van der Waals surface area contributed by atoms with Crippen molar-refractivity contribution < 1.29 is 14.3 Å². The molecule has 0 bridgehead atoms. The summed E-state index contributed by atoms with van der Waals surface area (Å²) in [7, 11) is 3.49. The average molecular weight is 571 g/mol. The van der Waals surface area contributed by atoms with Gasteiger partial charge in [0.05, 0.1) is 20.2 Å². The molecule has 7 nitrogen and oxygen atoms in total. The molecule has 1 aliphatic heterocycles. The van der Waals surface area contributed by atoms with E-state index in [-0.39, 0.29) is 11.8 Å². The number of fused-ring (bicyclic) bond motifs is 2. The number of pyridine rings is 1. The number of nitrogens with zero attached hydrogens (tertiary/aromatic N) is 4. The highest BCUT2D eigenvalue weighted by molar-refractivity contribution is 6.07. The van der Waals surface area contributed by atoms with Crippen molar-refractivity contribution >= 4 is 17.5 Å². The van der Waals surface area contributed by atoms with Gasteiger partial charge >= 0.3 is 0 Å². The first kappa shape index (κ1) is 28.0. The summed E-state index contributed by atoms with van der Waals surface area (Å²) in [6, 6.07) is 29.5. The molecule has 1 aliphatic rings. The third kappa shape index (κ3) is 5.66. The fraction of sp³-hybridized carbons (Fsp3) is 0.194. The molecule has 3 heterocycles. The third-order valence-electron chi connectivity index (χ3n) is 8.15. The number of amides is 2. The number of ether oxygens (including phenoxy) is 1. The Morgan fingerprint density at radius 3 is 2.51 bits per heavy atom. The van der Waals surface area contributed by atoms with Crippen molar-refractivity contribution in [3.63, 3.8) is 0 Å². The Kier molecular flexibility index (Phi) is 7.79. The fourth-order valence-corrected chi connectivity index (χ4v) is 5.74. The lowest BCUT2D eigenvalue weighted by molar-refractivity contribution is 0.0786. The molecule has 0 fully saturated rings. The van der Waals surface area contributed by atoms with E-state index in [4.69, 9.17) is 4.74 Å². The van der Waals surface area contributed by atoms with Gasteiger partial charge in [-0.25, -0.2) is 0 Å². The standard InChI is InChI=1S/C36H34N4O3/c1-25-21-28(11-13-32(25)27-8-6-9-31(22-27)43-3)35(41)40-24-30-12-14-34(39(30)23-29-7-4-5-10-33(29)40)36(42)38(2)20-17-26-15-18-37-19-16-26/h4-16,18-19,21-22H,17,20,23-24H2,1-3H3. The second-order valence-corrected chi connectivity index (χ2v) is 10.9. The number of hydrogen-bond donors (Lipinski definition) is 0. The minimum atomic E-state index is -0.0789. The number of benzene rings is 3. The number of likely N-dealkylation sites (N-methyl/N-ethyl adjacent to an activating group) is 1. The quantitative estimate of drug-likeness (QED) is 0.227. The van der Waals surface area contributed by atoms with E-state index < -0.39 is 0 Å². The van der Waals surface area contributed by atoms with E-state index >= 15 is 0 Å². The smallest absolute Gasteiger partial charge is 0.270 e. The lowest BCUT2D eigenvalue weighted by Gasteiger charge is -2.23. The molecular formula is C36H34N4O3. The molecule has 3 aromatic carbocycles. The van der Waals surface area contributed by atoms with Crippen LogP contribution in [0.4, 0.5) is 5.69 Å². The summed E-state index contributed by atoms with van der Waals surface area (Å²) >= 11 is 0. The van der Waals surface area contributed by atoms with Crippen molar-refractivity contribution in [2.75, 3.05) is 25.6 Å². The Bertz CT molecular complexity index is 1790. The Labute approximate surface area is 252 Å². The number of hydrogen-bond acceptors (Lipinski definition) is 4. The summed E-state index contributed by atoms with van der Waals surface area (Å²) in [6.45, 7) is 3.49. The summed E-state index contributed by atoms with van der Waals surface area (Å²) in [5.41, 5.74) is 8.24. The highest BCUT2D eigenvalue weighted by Gasteiger charge is 2.28. The van der Waals surface area contributed by atoms with Crippen LogP contribution in [0.3, 0.4) is 0 Å². The van der Waals surface area contributed by atoms with Crippen LogP contribution in [0.5, 0.6) is 5.75 Å². The third-order valence-corrected chi connectivity index (χ3v) is 8.15. The lowest BCUT2D eigenvalue weighted by atomic mass is 9.97. The second-order valence-electron chi connectivity index (χ2n) is 10.9. The zero-order chi connectivity index (χ0) is 29.9. The number of aryl methyl sites for hydroxylation is 1. The van der Waals surface area contributed by atoms with Crippen LogP contribution < -0.4 is 9.64 Å². The van der Waals surface area contributed by atoms with Crippen LogP contribution in [0, 0.1) is 6.92 Å². The van der Waals surface area contributed by atoms with E-state index in [2.05, 4.69) is 9.55 Å². The molecule has 0 N–H and O–H groups in total. The highest BCUT2D eigenvalue weighted by Crippen LogP contribution is 2.32.